The van der Waals surface area contributed by atoms with E-state index in [2.05, 4.69) is 109 Å². The fraction of sp³-hybridized carbons (Fsp3) is 0.0556. The van der Waals surface area contributed by atoms with E-state index in [1.165, 1.54) is 66.4 Å². The van der Waals surface area contributed by atoms with Gasteiger partial charge in [0.25, 0.3) is 0 Å². The molecule has 0 bridgehead atoms. The van der Waals surface area contributed by atoms with Crippen LogP contribution in [0.4, 0.5) is 0 Å². The molecule has 0 saturated carbocycles. The van der Waals surface area contributed by atoms with Crippen molar-refractivity contribution in [3.05, 3.63) is 121 Å². The largest absolute Gasteiger partial charge is 0.497 e. The predicted molar refractivity (Wildman–Crippen MR) is 158 cm³/mol. The van der Waals surface area contributed by atoms with Gasteiger partial charge in [0, 0.05) is 0 Å². The van der Waals surface area contributed by atoms with E-state index >= 15 is 0 Å². The van der Waals surface area contributed by atoms with Gasteiger partial charge in [-0.1, -0.05) is 91.0 Å². The molecule has 2 nitrogen and oxygen atoms in total. The number of methoxy groups -OCH3 is 2. The van der Waals surface area contributed by atoms with E-state index < -0.39 is 0 Å². The molecule has 0 heterocycles. The smallest absolute Gasteiger partial charge is 0.118 e. The van der Waals surface area contributed by atoms with Crippen LogP contribution in [0.3, 0.4) is 0 Å². The average molecular weight is 491 g/mol. The Morgan fingerprint density at radius 1 is 0.395 bits per heavy atom. The van der Waals surface area contributed by atoms with Crippen molar-refractivity contribution in [2.75, 3.05) is 14.2 Å². The molecular weight excluding hydrogens is 464 g/mol. The number of hydrogen-bond donors (Lipinski definition) is 0. The first-order valence-electron chi connectivity index (χ1n) is 12.8. The summed E-state index contributed by atoms with van der Waals surface area (Å²) in [7, 11) is 3.42. The Balaban J connectivity index is 1.64. The number of rotatable bonds is 5. The summed E-state index contributed by atoms with van der Waals surface area (Å²) in [6.07, 6.45) is 0. The van der Waals surface area contributed by atoms with Gasteiger partial charge in [0.05, 0.1) is 14.2 Å². The van der Waals surface area contributed by atoms with Gasteiger partial charge in [0.15, 0.2) is 0 Å². The molecule has 0 aliphatic heterocycles. The van der Waals surface area contributed by atoms with E-state index in [-0.39, 0.29) is 0 Å². The van der Waals surface area contributed by atoms with Crippen molar-refractivity contribution < 1.29 is 9.47 Å². The molecule has 1 aliphatic rings. The van der Waals surface area contributed by atoms with Crippen molar-refractivity contribution in [2.45, 2.75) is 0 Å². The molecule has 2 heteroatoms. The van der Waals surface area contributed by atoms with E-state index in [0.29, 0.717) is 0 Å². The van der Waals surface area contributed by atoms with Gasteiger partial charge >= 0.3 is 0 Å². The number of hydrogen-bond acceptors (Lipinski definition) is 2. The summed E-state index contributed by atoms with van der Waals surface area (Å²) >= 11 is 0. The molecule has 38 heavy (non-hydrogen) atoms. The van der Waals surface area contributed by atoms with Crippen molar-refractivity contribution in [3.8, 4) is 67.1 Å². The van der Waals surface area contributed by atoms with Gasteiger partial charge in [-0.3, -0.25) is 0 Å². The van der Waals surface area contributed by atoms with Gasteiger partial charge < -0.3 is 9.47 Å². The molecule has 0 unspecified atom stereocenters. The van der Waals surface area contributed by atoms with Crippen LogP contribution in [-0.4, -0.2) is 14.2 Å². The zero-order valence-corrected chi connectivity index (χ0v) is 21.4. The van der Waals surface area contributed by atoms with E-state index in [1.54, 1.807) is 14.2 Å². The summed E-state index contributed by atoms with van der Waals surface area (Å²) in [5, 5.41) is 2.58. The molecule has 0 saturated heterocycles. The minimum absolute atomic E-state index is 0.854. The van der Waals surface area contributed by atoms with Crippen molar-refractivity contribution in [1.29, 1.82) is 0 Å². The molecule has 0 fully saturated rings. The minimum Gasteiger partial charge on any atom is -0.497 e. The van der Waals surface area contributed by atoms with Crippen LogP contribution in [0.15, 0.2) is 121 Å². The lowest BCUT2D eigenvalue weighted by atomic mass is 9.82. The molecule has 7 rings (SSSR count). The SMILES string of the molecule is COc1ccc(-c2cc(-c3ccccc3)c(-c3ccc(OC)cc3)c3c2-c2cccc4cccc-3c24)cc1. The number of ether oxygens (including phenoxy) is 2. The van der Waals surface area contributed by atoms with Crippen LogP contribution in [0, 0.1) is 0 Å². The topological polar surface area (TPSA) is 18.5 Å². The van der Waals surface area contributed by atoms with Crippen LogP contribution in [0.25, 0.3) is 66.4 Å². The molecule has 0 aromatic heterocycles. The summed E-state index contributed by atoms with van der Waals surface area (Å²) < 4.78 is 11.0. The first-order valence-corrected chi connectivity index (χ1v) is 12.8. The van der Waals surface area contributed by atoms with Crippen LogP contribution in [0.5, 0.6) is 11.5 Å². The second-order valence-electron chi connectivity index (χ2n) is 9.63. The van der Waals surface area contributed by atoms with Crippen LogP contribution < -0.4 is 9.47 Å². The van der Waals surface area contributed by atoms with Crippen LogP contribution in [-0.2, 0) is 0 Å². The Labute approximate surface area is 222 Å². The van der Waals surface area contributed by atoms with E-state index in [9.17, 15) is 0 Å². The van der Waals surface area contributed by atoms with E-state index in [4.69, 9.17) is 9.47 Å². The monoisotopic (exact) mass is 490 g/mol. The highest BCUT2D eigenvalue weighted by atomic mass is 16.5. The Kier molecular flexibility index (Phi) is 5.26. The molecule has 0 spiro atoms. The van der Waals surface area contributed by atoms with Gasteiger partial charge in [-0.05, 0) is 96.7 Å². The van der Waals surface area contributed by atoms with Crippen molar-refractivity contribution in [1.82, 2.24) is 0 Å². The van der Waals surface area contributed by atoms with Gasteiger partial charge in [0.2, 0.25) is 0 Å². The maximum atomic E-state index is 5.50. The molecule has 6 aromatic rings. The maximum Gasteiger partial charge on any atom is 0.118 e. The second-order valence-corrected chi connectivity index (χ2v) is 9.63. The summed E-state index contributed by atoms with van der Waals surface area (Å²) in [5.41, 5.74) is 12.4. The highest BCUT2D eigenvalue weighted by Gasteiger charge is 2.30. The second kappa shape index (κ2) is 8.93. The third kappa shape index (κ3) is 3.42. The Morgan fingerprint density at radius 2 is 0.921 bits per heavy atom. The highest BCUT2D eigenvalue weighted by molar-refractivity contribution is 6.22. The lowest BCUT2D eigenvalue weighted by Gasteiger charge is -2.21. The first kappa shape index (κ1) is 22.4. The normalized spacial score (nSPS) is 11.4. The fourth-order valence-electron chi connectivity index (χ4n) is 5.89. The maximum absolute atomic E-state index is 5.50. The summed E-state index contributed by atoms with van der Waals surface area (Å²) in [5.74, 6) is 1.71. The summed E-state index contributed by atoms with van der Waals surface area (Å²) in [4.78, 5) is 0. The first-order chi connectivity index (χ1) is 18.8. The zero-order valence-electron chi connectivity index (χ0n) is 21.4. The van der Waals surface area contributed by atoms with Crippen molar-refractivity contribution in [2.24, 2.45) is 0 Å². The van der Waals surface area contributed by atoms with Crippen molar-refractivity contribution in [3.63, 3.8) is 0 Å². The fourth-order valence-corrected chi connectivity index (χ4v) is 5.89. The van der Waals surface area contributed by atoms with Gasteiger partial charge in [-0.15, -0.1) is 0 Å². The van der Waals surface area contributed by atoms with Gasteiger partial charge in [0.1, 0.15) is 11.5 Å². The minimum atomic E-state index is 0.854. The third-order valence-electron chi connectivity index (χ3n) is 7.64. The Morgan fingerprint density at radius 3 is 1.53 bits per heavy atom. The number of fused-ring (bicyclic) bond motifs is 3. The quantitative estimate of drug-likeness (QED) is 0.239. The summed E-state index contributed by atoms with van der Waals surface area (Å²) in [6, 6.07) is 43.3. The molecule has 0 amide bonds. The molecular formula is C36H26O2. The highest BCUT2D eigenvalue weighted by Crippen LogP contribution is 2.57. The van der Waals surface area contributed by atoms with E-state index in [1.807, 2.05) is 12.1 Å². The molecule has 1 aliphatic carbocycles. The van der Waals surface area contributed by atoms with Gasteiger partial charge in [-0.2, -0.15) is 0 Å². The standard InChI is InChI=1S/C36H26O2/c1-37-27-18-14-24(15-19-27)32-22-31(23-8-4-3-5-9-23)34(26-16-20-28(38-2)21-17-26)36-30-13-7-11-25-10-6-12-29(33(25)30)35(32)36/h3-22H,1-2H3. The predicted octanol–water partition coefficient (Wildman–Crippen LogP) is 9.51. The van der Waals surface area contributed by atoms with E-state index in [0.717, 1.165) is 11.5 Å². The summed E-state index contributed by atoms with van der Waals surface area (Å²) in [6.45, 7) is 0. The molecule has 6 aromatic carbocycles. The van der Waals surface area contributed by atoms with Crippen LogP contribution in [0.2, 0.25) is 0 Å². The lowest BCUT2D eigenvalue weighted by Crippen LogP contribution is -1.95. The number of benzene rings is 6. The molecule has 182 valence electrons. The molecule has 0 N–H and O–H groups in total. The van der Waals surface area contributed by atoms with Crippen LogP contribution in [0.1, 0.15) is 0 Å². The Hall–Kier alpha value is -4.82. The average Bonchev–Trinajstić information content (AvgIpc) is 3.33. The lowest BCUT2D eigenvalue weighted by molar-refractivity contribution is 0.415. The van der Waals surface area contributed by atoms with Gasteiger partial charge in [-0.25, -0.2) is 0 Å². The van der Waals surface area contributed by atoms with Crippen LogP contribution >= 0.6 is 0 Å². The molecule has 0 radical (unpaired) electrons. The van der Waals surface area contributed by atoms with Crippen molar-refractivity contribution >= 4 is 10.8 Å². The Bertz CT molecular complexity index is 1790. The molecule has 0 atom stereocenters. The third-order valence-corrected chi connectivity index (χ3v) is 7.64. The zero-order chi connectivity index (χ0) is 25.6.